The first-order chi connectivity index (χ1) is 9.66. The van der Waals surface area contributed by atoms with Crippen molar-refractivity contribution in [1.29, 1.82) is 0 Å². The summed E-state index contributed by atoms with van der Waals surface area (Å²) in [5.74, 6) is 1.88. The van der Waals surface area contributed by atoms with E-state index >= 15 is 0 Å². The van der Waals surface area contributed by atoms with Crippen LogP contribution in [-0.2, 0) is 6.42 Å². The molecule has 20 heavy (non-hydrogen) atoms. The van der Waals surface area contributed by atoms with Gasteiger partial charge in [-0.15, -0.1) is 0 Å². The third kappa shape index (κ3) is 2.36. The summed E-state index contributed by atoms with van der Waals surface area (Å²) in [5.41, 5.74) is 8.82. The van der Waals surface area contributed by atoms with Crippen LogP contribution in [0.3, 0.4) is 0 Å². The molecule has 3 rings (SSSR count). The second kappa shape index (κ2) is 5.37. The molecule has 0 saturated carbocycles. The maximum Gasteiger partial charge on any atom is 0.243 e. The molecule has 2 aromatic rings. The van der Waals surface area contributed by atoms with Crippen molar-refractivity contribution in [1.82, 2.24) is 10.1 Å². The van der Waals surface area contributed by atoms with Crippen LogP contribution in [0, 0.1) is 5.92 Å². The largest absolute Gasteiger partial charge is 0.338 e. The molecule has 4 nitrogen and oxygen atoms in total. The maximum absolute atomic E-state index is 6.08. The number of rotatable bonds is 3. The average molecular weight is 271 g/mol. The smallest absolute Gasteiger partial charge is 0.243 e. The maximum atomic E-state index is 6.08. The van der Waals surface area contributed by atoms with Crippen LogP contribution in [-0.4, -0.2) is 10.1 Å². The Balaban J connectivity index is 1.91. The van der Waals surface area contributed by atoms with Crippen LogP contribution in [0.2, 0.25) is 0 Å². The van der Waals surface area contributed by atoms with Crippen LogP contribution in [0.1, 0.15) is 61.5 Å². The highest BCUT2D eigenvalue weighted by Gasteiger charge is 2.27. The van der Waals surface area contributed by atoms with E-state index in [4.69, 9.17) is 10.3 Å². The summed E-state index contributed by atoms with van der Waals surface area (Å²) < 4.78 is 5.37. The number of nitrogens with zero attached hydrogens (tertiary/aromatic N) is 2. The molecule has 0 bridgehead atoms. The Morgan fingerprint density at radius 1 is 1.30 bits per heavy atom. The minimum absolute atomic E-state index is 0.185. The molecule has 1 unspecified atom stereocenters. The molecule has 4 heteroatoms. The van der Waals surface area contributed by atoms with Crippen molar-refractivity contribution in [3.8, 4) is 0 Å². The Bertz CT molecular complexity index is 591. The molecule has 0 saturated heterocycles. The van der Waals surface area contributed by atoms with Crippen LogP contribution in [0.4, 0.5) is 0 Å². The summed E-state index contributed by atoms with van der Waals surface area (Å²) >= 11 is 0. The van der Waals surface area contributed by atoms with E-state index in [-0.39, 0.29) is 12.0 Å². The third-order valence-electron chi connectivity index (χ3n) is 4.14. The first kappa shape index (κ1) is 13.3. The standard InChI is InChI=1S/C16H21N3O/c1-10(2)14(17)16-18-15(19-20-16)13-9-5-7-11-6-3-4-8-12(11)13/h3-4,6,8,10,13-14H,5,7,9,17H2,1-2H3/t13?,14-/m0/s1. The molecule has 0 fully saturated rings. The van der Waals surface area contributed by atoms with Gasteiger partial charge in [0.05, 0.1) is 6.04 Å². The summed E-state index contributed by atoms with van der Waals surface area (Å²) in [6, 6.07) is 8.37. The van der Waals surface area contributed by atoms with E-state index in [0.29, 0.717) is 11.8 Å². The SMILES string of the molecule is CC(C)[C@H](N)c1nc(C2CCCc3ccccc32)no1. The lowest BCUT2D eigenvalue weighted by molar-refractivity contribution is 0.321. The van der Waals surface area contributed by atoms with Gasteiger partial charge in [-0.1, -0.05) is 43.3 Å². The molecule has 1 heterocycles. The lowest BCUT2D eigenvalue weighted by Crippen LogP contribution is -2.17. The molecule has 1 aromatic carbocycles. The molecular weight excluding hydrogens is 250 g/mol. The van der Waals surface area contributed by atoms with Crippen molar-refractivity contribution >= 4 is 0 Å². The molecule has 1 aliphatic carbocycles. The minimum Gasteiger partial charge on any atom is -0.338 e. The highest BCUT2D eigenvalue weighted by Crippen LogP contribution is 2.35. The zero-order valence-electron chi connectivity index (χ0n) is 12.0. The highest BCUT2D eigenvalue weighted by atomic mass is 16.5. The van der Waals surface area contributed by atoms with E-state index in [1.807, 2.05) is 0 Å². The first-order valence-electron chi connectivity index (χ1n) is 7.33. The predicted octanol–water partition coefficient (Wildman–Crippen LogP) is 3.19. The fourth-order valence-electron chi connectivity index (χ4n) is 2.83. The molecule has 0 radical (unpaired) electrons. The van der Waals surface area contributed by atoms with Crippen LogP contribution in [0.15, 0.2) is 28.8 Å². The van der Waals surface area contributed by atoms with Crippen molar-refractivity contribution in [2.45, 2.75) is 45.1 Å². The van der Waals surface area contributed by atoms with Gasteiger partial charge in [0.1, 0.15) is 0 Å². The van der Waals surface area contributed by atoms with Gasteiger partial charge in [-0.3, -0.25) is 0 Å². The van der Waals surface area contributed by atoms with Gasteiger partial charge in [0.2, 0.25) is 5.89 Å². The number of benzene rings is 1. The van der Waals surface area contributed by atoms with Crippen molar-refractivity contribution in [3.05, 3.63) is 47.1 Å². The lowest BCUT2D eigenvalue weighted by atomic mass is 9.82. The fourth-order valence-corrected chi connectivity index (χ4v) is 2.83. The average Bonchev–Trinajstić information content (AvgIpc) is 2.95. The third-order valence-corrected chi connectivity index (χ3v) is 4.14. The molecule has 0 spiro atoms. The van der Waals surface area contributed by atoms with Gasteiger partial charge in [-0.25, -0.2) is 0 Å². The van der Waals surface area contributed by atoms with E-state index in [9.17, 15) is 0 Å². The van der Waals surface area contributed by atoms with E-state index in [1.54, 1.807) is 0 Å². The number of hydrogen-bond acceptors (Lipinski definition) is 4. The fraction of sp³-hybridized carbons (Fsp3) is 0.500. The Labute approximate surface area is 119 Å². The Morgan fingerprint density at radius 3 is 2.90 bits per heavy atom. The van der Waals surface area contributed by atoms with E-state index < -0.39 is 0 Å². The van der Waals surface area contributed by atoms with Crippen molar-refractivity contribution < 1.29 is 4.52 Å². The molecular formula is C16H21N3O. The van der Waals surface area contributed by atoms with Crippen LogP contribution >= 0.6 is 0 Å². The van der Waals surface area contributed by atoms with Gasteiger partial charge in [0.15, 0.2) is 5.82 Å². The summed E-state index contributed by atoms with van der Waals surface area (Å²) in [5, 5.41) is 4.18. The summed E-state index contributed by atoms with van der Waals surface area (Å²) in [6.45, 7) is 4.12. The second-order valence-electron chi connectivity index (χ2n) is 5.90. The lowest BCUT2D eigenvalue weighted by Gasteiger charge is -2.22. The van der Waals surface area contributed by atoms with Gasteiger partial charge < -0.3 is 10.3 Å². The Kier molecular flexibility index (Phi) is 3.57. The molecule has 106 valence electrons. The number of fused-ring (bicyclic) bond motifs is 1. The van der Waals surface area contributed by atoms with Gasteiger partial charge in [0.25, 0.3) is 0 Å². The van der Waals surface area contributed by atoms with Gasteiger partial charge in [0, 0.05) is 5.92 Å². The number of aryl methyl sites for hydroxylation is 1. The summed E-state index contributed by atoms with van der Waals surface area (Å²) in [6.07, 6.45) is 3.39. The van der Waals surface area contributed by atoms with Gasteiger partial charge >= 0.3 is 0 Å². The normalized spacial score (nSPS) is 19.9. The van der Waals surface area contributed by atoms with Crippen LogP contribution in [0.25, 0.3) is 0 Å². The minimum atomic E-state index is -0.185. The summed E-state index contributed by atoms with van der Waals surface area (Å²) in [4.78, 5) is 4.55. The Morgan fingerprint density at radius 2 is 2.10 bits per heavy atom. The quantitative estimate of drug-likeness (QED) is 0.931. The van der Waals surface area contributed by atoms with Crippen molar-refractivity contribution in [3.63, 3.8) is 0 Å². The van der Waals surface area contributed by atoms with Gasteiger partial charge in [-0.2, -0.15) is 4.98 Å². The van der Waals surface area contributed by atoms with Crippen molar-refractivity contribution in [2.75, 3.05) is 0 Å². The summed E-state index contributed by atoms with van der Waals surface area (Å²) in [7, 11) is 0. The van der Waals surface area contributed by atoms with Crippen molar-refractivity contribution in [2.24, 2.45) is 11.7 Å². The predicted molar refractivity (Wildman–Crippen MR) is 77.3 cm³/mol. The highest BCUT2D eigenvalue weighted by molar-refractivity contribution is 5.36. The zero-order valence-corrected chi connectivity index (χ0v) is 12.0. The molecule has 0 aliphatic heterocycles. The van der Waals surface area contributed by atoms with E-state index in [2.05, 4.69) is 48.3 Å². The van der Waals surface area contributed by atoms with Crippen LogP contribution < -0.4 is 5.73 Å². The van der Waals surface area contributed by atoms with E-state index in [1.165, 1.54) is 17.5 Å². The number of nitrogens with two attached hydrogens (primary N) is 1. The molecule has 2 atom stereocenters. The molecule has 2 N–H and O–H groups in total. The van der Waals surface area contributed by atoms with Gasteiger partial charge in [-0.05, 0) is 36.3 Å². The molecule has 0 amide bonds. The molecule has 1 aliphatic rings. The monoisotopic (exact) mass is 271 g/mol. The van der Waals surface area contributed by atoms with E-state index in [0.717, 1.165) is 18.7 Å². The van der Waals surface area contributed by atoms with Crippen LogP contribution in [0.5, 0.6) is 0 Å². The number of hydrogen-bond donors (Lipinski definition) is 1. The first-order valence-corrected chi connectivity index (χ1v) is 7.33. The second-order valence-corrected chi connectivity index (χ2v) is 5.90. The molecule has 1 aromatic heterocycles. The number of aromatic nitrogens is 2. The topological polar surface area (TPSA) is 64.9 Å². The zero-order chi connectivity index (χ0) is 14.1. The Hall–Kier alpha value is -1.68.